The van der Waals surface area contributed by atoms with Crippen LogP contribution in [0.5, 0.6) is 0 Å². The fourth-order valence-corrected chi connectivity index (χ4v) is 1.88. The molecule has 3 aromatic rings. The molecule has 0 aliphatic heterocycles. The van der Waals surface area contributed by atoms with Crippen molar-refractivity contribution in [3.8, 4) is 11.3 Å². The van der Waals surface area contributed by atoms with E-state index in [1.807, 2.05) is 43.5 Å². The standard InChI is InChI=1S/C12H12N4/c1-8-7-16-12(14-8)10(13)11(15-16)9-5-3-2-4-6-9/h2-7,14H,13H2,1H3. The van der Waals surface area contributed by atoms with Crippen molar-refractivity contribution in [2.24, 2.45) is 0 Å². The van der Waals surface area contributed by atoms with Crippen molar-refractivity contribution in [3.63, 3.8) is 0 Å². The van der Waals surface area contributed by atoms with E-state index in [2.05, 4.69) is 10.1 Å². The van der Waals surface area contributed by atoms with Gasteiger partial charge >= 0.3 is 0 Å². The number of aryl methyl sites for hydroxylation is 1. The Hall–Kier alpha value is -2.23. The summed E-state index contributed by atoms with van der Waals surface area (Å²) in [5.74, 6) is 0. The molecule has 0 bridgehead atoms. The van der Waals surface area contributed by atoms with Gasteiger partial charge in [-0.2, -0.15) is 5.10 Å². The number of nitrogens with one attached hydrogen (secondary N) is 1. The van der Waals surface area contributed by atoms with E-state index >= 15 is 0 Å². The molecule has 0 saturated carbocycles. The molecule has 4 nitrogen and oxygen atoms in total. The molecule has 3 N–H and O–H groups in total. The maximum Gasteiger partial charge on any atom is 0.157 e. The Labute approximate surface area is 92.7 Å². The summed E-state index contributed by atoms with van der Waals surface area (Å²) in [5.41, 5.74) is 10.5. The molecule has 0 amide bonds. The first kappa shape index (κ1) is 9.03. The van der Waals surface area contributed by atoms with E-state index in [0.29, 0.717) is 5.69 Å². The number of imidazole rings is 1. The van der Waals surface area contributed by atoms with Crippen molar-refractivity contribution in [3.05, 3.63) is 42.2 Å². The molecule has 0 spiro atoms. The van der Waals surface area contributed by atoms with Crippen LogP contribution in [0.4, 0.5) is 5.69 Å². The number of nitrogens with zero attached hydrogens (tertiary/aromatic N) is 2. The molecule has 0 radical (unpaired) electrons. The number of benzene rings is 1. The summed E-state index contributed by atoms with van der Waals surface area (Å²) in [7, 11) is 0. The number of aromatic nitrogens is 3. The van der Waals surface area contributed by atoms with Gasteiger partial charge in [-0.05, 0) is 6.92 Å². The Kier molecular flexibility index (Phi) is 1.77. The average molecular weight is 212 g/mol. The average Bonchev–Trinajstić information content (AvgIpc) is 2.79. The highest BCUT2D eigenvalue weighted by molar-refractivity contribution is 5.83. The highest BCUT2D eigenvalue weighted by Gasteiger charge is 2.12. The van der Waals surface area contributed by atoms with Gasteiger partial charge in [-0.25, -0.2) is 4.52 Å². The molecule has 2 aromatic heterocycles. The first-order valence-corrected chi connectivity index (χ1v) is 5.14. The van der Waals surface area contributed by atoms with E-state index in [0.717, 1.165) is 22.6 Å². The van der Waals surface area contributed by atoms with Crippen LogP contribution in [0, 0.1) is 6.92 Å². The summed E-state index contributed by atoms with van der Waals surface area (Å²) in [6.07, 6.45) is 1.93. The van der Waals surface area contributed by atoms with Crippen LogP contribution in [0.3, 0.4) is 0 Å². The fraction of sp³-hybridized carbons (Fsp3) is 0.0833. The molecular formula is C12H12N4. The number of aromatic amines is 1. The molecule has 1 aromatic carbocycles. The normalized spacial score (nSPS) is 11.1. The van der Waals surface area contributed by atoms with Crippen LogP contribution in [0.25, 0.3) is 16.9 Å². The zero-order valence-corrected chi connectivity index (χ0v) is 8.94. The van der Waals surface area contributed by atoms with Gasteiger partial charge in [0.05, 0.1) is 0 Å². The van der Waals surface area contributed by atoms with Crippen molar-refractivity contribution in [2.75, 3.05) is 5.73 Å². The molecule has 0 unspecified atom stereocenters. The van der Waals surface area contributed by atoms with Gasteiger partial charge in [-0.3, -0.25) is 0 Å². The summed E-state index contributed by atoms with van der Waals surface area (Å²) in [5, 5.41) is 4.46. The van der Waals surface area contributed by atoms with Gasteiger partial charge in [0.1, 0.15) is 11.4 Å². The van der Waals surface area contributed by atoms with Crippen molar-refractivity contribution in [1.82, 2.24) is 14.6 Å². The minimum absolute atomic E-state index is 0.694. The zero-order valence-electron chi connectivity index (χ0n) is 8.94. The molecule has 0 aliphatic rings. The Bertz CT molecular complexity index is 634. The van der Waals surface area contributed by atoms with Crippen molar-refractivity contribution >= 4 is 11.3 Å². The second-order valence-corrected chi connectivity index (χ2v) is 3.86. The Balaban J connectivity index is 2.25. The summed E-state index contributed by atoms with van der Waals surface area (Å²) >= 11 is 0. The predicted octanol–water partition coefficient (Wildman–Crippen LogP) is 2.22. The number of fused-ring (bicyclic) bond motifs is 1. The van der Waals surface area contributed by atoms with E-state index < -0.39 is 0 Å². The Morgan fingerprint density at radius 3 is 2.69 bits per heavy atom. The lowest BCUT2D eigenvalue weighted by molar-refractivity contribution is 0.975. The first-order chi connectivity index (χ1) is 7.75. The lowest BCUT2D eigenvalue weighted by Gasteiger charge is -1.96. The monoisotopic (exact) mass is 212 g/mol. The number of hydrogen-bond acceptors (Lipinski definition) is 2. The van der Waals surface area contributed by atoms with E-state index in [4.69, 9.17) is 5.73 Å². The number of nitrogens with two attached hydrogens (primary N) is 1. The maximum absolute atomic E-state index is 6.07. The second kappa shape index (κ2) is 3.13. The summed E-state index contributed by atoms with van der Waals surface area (Å²) < 4.78 is 1.78. The minimum atomic E-state index is 0.694. The van der Waals surface area contributed by atoms with E-state index in [9.17, 15) is 0 Å². The van der Waals surface area contributed by atoms with Gasteiger partial charge in [0, 0.05) is 17.5 Å². The lowest BCUT2D eigenvalue weighted by Crippen LogP contribution is -1.87. The van der Waals surface area contributed by atoms with Crippen molar-refractivity contribution < 1.29 is 0 Å². The number of anilines is 1. The smallest absolute Gasteiger partial charge is 0.157 e. The zero-order chi connectivity index (χ0) is 11.1. The summed E-state index contributed by atoms with van der Waals surface area (Å²) in [6, 6.07) is 9.95. The predicted molar refractivity (Wildman–Crippen MR) is 64.1 cm³/mol. The molecule has 2 heterocycles. The maximum atomic E-state index is 6.07. The Morgan fingerprint density at radius 1 is 1.25 bits per heavy atom. The highest BCUT2D eigenvalue weighted by Crippen LogP contribution is 2.27. The second-order valence-electron chi connectivity index (χ2n) is 3.86. The third kappa shape index (κ3) is 1.20. The SMILES string of the molecule is Cc1cn2nc(-c3ccccc3)c(N)c2[nH]1. The van der Waals surface area contributed by atoms with Crippen LogP contribution in [-0.2, 0) is 0 Å². The molecule has 0 aliphatic carbocycles. The number of hydrogen-bond donors (Lipinski definition) is 2. The van der Waals surface area contributed by atoms with Crippen LogP contribution >= 0.6 is 0 Å². The van der Waals surface area contributed by atoms with Crippen LogP contribution in [0.15, 0.2) is 36.5 Å². The molecule has 0 atom stereocenters. The van der Waals surface area contributed by atoms with E-state index in [-0.39, 0.29) is 0 Å². The number of H-pyrrole nitrogens is 1. The van der Waals surface area contributed by atoms with Gasteiger partial charge < -0.3 is 10.7 Å². The van der Waals surface area contributed by atoms with Gasteiger partial charge in [0.15, 0.2) is 5.65 Å². The fourth-order valence-electron chi connectivity index (χ4n) is 1.88. The highest BCUT2D eigenvalue weighted by atomic mass is 15.3. The van der Waals surface area contributed by atoms with Crippen LogP contribution < -0.4 is 5.73 Å². The lowest BCUT2D eigenvalue weighted by atomic mass is 10.1. The largest absolute Gasteiger partial charge is 0.394 e. The van der Waals surface area contributed by atoms with Crippen molar-refractivity contribution in [2.45, 2.75) is 6.92 Å². The van der Waals surface area contributed by atoms with E-state index in [1.165, 1.54) is 0 Å². The van der Waals surface area contributed by atoms with Crippen LogP contribution in [0.1, 0.15) is 5.69 Å². The summed E-state index contributed by atoms with van der Waals surface area (Å²) in [6.45, 7) is 1.98. The minimum Gasteiger partial charge on any atom is -0.394 e. The quantitative estimate of drug-likeness (QED) is 0.649. The van der Waals surface area contributed by atoms with Gasteiger partial charge in [0.2, 0.25) is 0 Å². The van der Waals surface area contributed by atoms with Gasteiger partial charge in [-0.15, -0.1) is 0 Å². The number of rotatable bonds is 1. The van der Waals surface area contributed by atoms with Crippen LogP contribution in [-0.4, -0.2) is 14.6 Å². The third-order valence-electron chi connectivity index (χ3n) is 2.63. The molecule has 0 saturated heterocycles. The molecule has 16 heavy (non-hydrogen) atoms. The summed E-state index contributed by atoms with van der Waals surface area (Å²) in [4.78, 5) is 3.19. The van der Waals surface area contributed by atoms with Crippen LogP contribution in [0.2, 0.25) is 0 Å². The molecule has 0 fully saturated rings. The molecule has 3 rings (SSSR count). The first-order valence-electron chi connectivity index (χ1n) is 5.14. The molecular weight excluding hydrogens is 200 g/mol. The topological polar surface area (TPSA) is 59.1 Å². The molecule has 4 heteroatoms. The van der Waals surface area contributed by atoms with E-state index in [1.54, 1.807) is 4.52 Å². The number of nitrogen functional groups attached to an aromatic ring is 1. The van der Waals surface area contributed by atoms with Crippen molar-refractivity contribution in [1.29, 1.82) is 0 Å². The Morgan fingerprint density at radius 2 is 2.00 bits per heavy atom. The third-order valence-corrected chi connectivity index (χ3v) is 2.63. The molecule has 80 valence electrons. The van der Waals surface area contributed by atoms with Gasteiger partial charge in [0.25, 0.3) is 0 Å². The van der Waals surface area contributed by atoms with Gasteiger partial charge in [-0.1, -0.05) is 30.3 Å².